The van der Waals surface area contributed by atoms with Crippen LogP contribution in [0.15, 0.2) is 52.8 Å². The van der Waals surface area contributed by atoms with Gasteiger partial charge in [-0.15, -0.1) is 22.0 Å². The number of hydrogen-bond donors (Lipinski definition) is 0. The lowest BCUT2D eigenvalue weighted by Crippen LogP contribution is -2.11. The molecule has 0 radical (unpaired) electrons. The molecule has 0 bridgehead atoms. The highest BCUT2D eigenvalue weighted by molar-refractivity contribution is 8.00. The van der Waals surface area contributed by atoms with Crippen molar-refractivity contribution in [2.24, 2.45) is 0 Å². The van der Waals surface area contributed by atoms with Gasteiger partial charge in [0.2, 0.25) is 0 Å². The number of halogens is 2. The van der Waals surface area contributed by atoms with Gasteiger partial charge in [0.05, 0.1) is 16.1 Å². The Labute approximate surface area is 158 Å². The Bertz CT molecular complexity index is 850. The lowest BCUT2D eigenvalue weighted by molar-refractivity contribution is 0.597. The Kier molecular flexibility index (Phi) is 4.72. The molecular formula is C16H12Cl2N4S2. The molecule has 1 unspecified atom stereocenters. The standard InChI is InChI=1S/C16H12Cl2N4S2/c17-12-4-1-5-13(18)14(12)23-8-11-9-24-16-21-20-15(22(11)16)10-3-2-6-19-7-10/h1-7,11H,8-9H2. The van der Waals surface area contributed by atoms with Crippen molar-refractivity contribution in [1.82, 2.24) is 19.7 Å². The first-order valence-electron chi connectivity index (χ1n) is 7.29. The van der Waals surface area contributed by atoms with Gasteiger partial charge in [0.25, 0.3) is 0 Å². The molecule has 4 rings (SSSR count). The molecule has 1 aromatic carbocycles. The van der Waals surface area contributed by atoms with Crippen LogP contribution in [0.3, 0.4) is 0 Å². The fourth-order valence-electron chi connectivity index (χ4n) is 2.56. The van der Waals surface area contributed by atoms with E-state index in [4.69, 9.17) is 23.2 Å². The highest BCUT2D eigenvalue weighted by Crippen LogP contribution is 2.41. The number of nitrogens with zero attached hydrogens (tertiary/aromatic N) is 4. The van der Waals surface area contributed by atoms with Crippen LogP contribution in [0.1, 0.15) is 6.04 Å². The van der Waals surface area contributed by atoms with Crippen LogP contribution < -0.4 is 0 Å². The Morgan fingerprint density at radius 3 is 2.75 bits per heavy atom. The smallest absolute Gasteiger partial charge is 0.191 e. The summed E-state index contributed by atoms with van der Waals surface area (Å²) in [5.41, 5.74) is 0.976. The monoisotopic (exact) mass is 394 g/mol. The highest BCUT2D eigenvalue weighted by atomic mass is 35.5. The number of hydrogen-bond acceptors (Lipinski definition) is 5. The van der Waals surface area contributed by atoms with E-state index in [9.17, 15) is 0 Å². The van der Waals surface area contributed by atoms with Crippen LogP contribution in [-0.4, -0.2) is 31.3 Å². The predicted octanol–water partition coefficient (Wildman–Crippen LogP) is 5.09. The van der Waals surface area contributed by atoms with Crippen LogP contribution in [0.5, 0.6) is 0 Å². The fourth-order valence-corrected chi connectivity index (χ4v) is 5.56. The number of benzene rings is 1. The van der Waals surface area contributed by atoms with E-state index < -0.39 is 0 Å². The lowest BCUT2D eigenvalue weighted by Gasteiger charge is -2.15. The van der Waals surface area contributed by atoms with Crippen molar-refractivity contribution in [2.75, 3.05) is 11.5 Å². The second-order valence-electron chi connectivity index (χ2n) is 5.24. The van der Waals surface area contributed by atoms with E-state index in [2.05, 4.69) is 19.7 Å². The molecule has 1 aliphatic rings. The first kappa shape index (κ1) is 16.3. The molecule has 0 amide bonds. The van der Waals surface area contributed by atoms with Gasteiger partial charge in [0.15, 0.2) is 11.0 Å². The molecule has 0 spiro atoms. The van der Waals surface area contributed by atoms with E-state index in [0.717, 1.165) is 32.9 Å². The summed E-state index contributed by atoms with van der Waals surface area (Å²) in [6.07, 6.45) is 3.57. The zero-order valence-corrected chi connectivity index (χ0v) is 15.5. The van der Waals surface area contributed by atoms with E-state index >= 15 is 0 Å². The summed E-state index contributed by atoms with van der Waals surface area (Å²) in [6, 6.07) is 9.79. The summed E-state index contributed by atoms with van der Waals surface area (Å²) < 4.78 is 2.19. The third-order valence-corrected chi connectivity index (χ3v) is 6.92. The Morgan fingerprint density at radius 2 is 2.00 bits per heavy atom. The lowest BCUT2D eigenvalue weighted by atomic mass is 10.2. The Hall–Kier alpha value is -1.21. The van der Waals surface area contributed by atoms with Gasteiger partial charge in [-0.3, -0.25) is 9.55 Å². The van der Waals surface area contributed by atoms with E-state index in [-0.39, 0.29) is 6.04 Å². The van der Waals surface area contributed by atoms with Gasteiger partial charge in [-0.05, 0) is 24.3 Å². The number of thioether (sulfide) groups is 2. The molecular weight excluding hydrogens is 383 g/mol. The molecule has 8 heteroatoms. The summed E-state index contributed by atoms with van der Waals surface area (Å²) in [6.45, 7) is 0. The number of aromatic nitrogens is 4. The van der Waals surface area contributed by atoms with Crippen molar-refractivity contribution in [3.8, 4) is 11.4 Å². The van der Waals surface area contributed by atoms with Gasteiger partial charge in [-0.1, -0.05) is 41.0 Å². The molecule has 1 aliphatic heterocycles. The normalized spacial score (nSPS) is 16.3. The zero-order valence-electron chi connectivity index (χ0n) is 12.4. The summed E-state index contributed by atoms with van der Waals surface area (Å²) >= 11 is 15.9. The van der Waals surface area contributed by atoms with E-state index in [1.54, 1.807) is 29.7 Å². The Morgan fingerprint density at radius 1 is 1.17 bits per heavy atom. The van der Waals surface area contributed by atoms with Crippen molar-refractivity contribution < 1.29 is 0 Å². The van der Waals surface area contributed by atoms with Gasteiger partial charge >= 0.3 is 0 Å². The summed E-state index contributed by atoms with van der Waals surface area (Å²) in [5.74, 6) is 2.68. The van der Waals surface area contributed by atoms with Gasteiger partial charge < -0.3 is 0 Å². The molecule has 0 aliphatic carbocycles. The average Bonchev–Trinajstić information content (AvgIpc) is 3.18. The SMILES string of the molecule is Clc1cccc(Cl)c1SCC1CSc2nnc(-c3cccnc3)n21. The second kappa shape index (κ2) is 6.96. The van der Waals surface area contributed by atoms with Gasteiger partial charge in [0, 0.05) is 34.4 Å². The largest absolute Gasteiger partial charge is 0.297 e. The van der Waals surface area contributed by atoms with Gasteiger partial charge in [0.1, 0.15) is 0 Å². The fraction of sp³-hybridized carbons (Fsp3) is 0.188. The van der Waals surface area contributed by atoms with E-state index in [1.165, 1.54) is 0 Å². The maximum atomic E-state index is 6.27. The van der Waals surface area contributed by atoms with Crippen LogP contribution in [0.4, 0.5) is 0 Å². The van der Waals surface area contributed by atoms with Crippen molar-refractivity contribution in [1.29, 1.82) is 0 Å². The van der Waals surface area contributed by atoms with Gasteiger partial charge in [-0.25, -0.2) is 0 Å². The van der Waals surface area contributed by atoms with Crippen molar-refractivity contribution >= 4 is 46.7 Å². The average molecular weight is 395 g/mol. The topological polar surface area (TPSA) is 43.6 Å². The second-order valence-corrected chi connectivity index (χ2v) is 8.08. The molecule has 3 aromatic rings. The molecule has 2 aromatic heterocycles. The highest BCUT2D eigenvalue weighted by Gasteiger charge is 2.29. The summed E-state index contributed by atoms with van der Waals surface area (Å²) in [5, 5.41) is 11.0. The maximum absolute atomic E-state index is 6.27. The molecule has 3 heterocycles. The molecule has 24 heavy (non-hydrogen) atoms. The first-order valence-corrected chi connectivity index (χ1v) is 10.0. The third kappa shape index (κ3) is 3.04. The Balaban J connectivity index is 1.59. The van der Waals surface area contributed by atoms with Crippen LogP contribution in [0, 0.1) is 0 Å². The van der Waals surface area contributed by atoms with Crippen molar-refractivity contribution in [2.45, 2.75) is 16.1 Å². The minimum Gasteiger partial charge on any atom is -0.297 e. The number of fused-ring (bicyclic) bond motifs is 1. The minimum atomic E-state index is 0.285. The van der Waals surface area contributed by atoms with Crippen molar-refractivity contribution in [3.63, 3.8) is 0 Å². The quantitative estimate of drug-likeness (QED) is 0.576. The van der Waals surface area contributed by atoms with E-state index in [0.29, 0.717) is 10.0 Å². The molecule has 0 N–H and O–H groups in total. The summed E-state index contributed by atoms with van der Waals surface area (Å²) in [4.78, 5) is 5.11. The zero-order chi connectivity index (χ0) is 16.5. The molecule has 0 fully saturated rings. The molecule has 0 saturated carbocycles. The van der Waals surface area contributed by atoms with Crippen LogP contribution in [-0.2, 0) is 0 Å². The summed E-state index contributed by atoms with van der Waals surface area (Å²) in [7, 11) is 0. The minimum absolute atomic E-state index is 0.285. The molecule has 0 saturated heterocycles. The molecule has 122 valence electrons. The predicted molar refractivity (Wildman–Crippen MR) is 100 cm³/mol. The number of pyridine rings is 1. The maximum Gasteiger partial charge on any atom is 0.191 e. The molecule has 1 atom stereocenters. The van der Waals surface area contributed by atoms with Gasteiger partial charge in [-0.2, -0.15) is 0 Å². The van der Waals surface area contributed by atoms with Crippen LogP contribution in [0.25, 0.3) is 11.4 Å². The molecule has 4 nitrogen and oxygen atoms in total. The first-order chi connectivity index (χ1) is 11.7. The van der Waals surface area contributed by atoms with E-state index in [1.807, 2.05) is 36.5 Å². The van der Waals surface area contributed by atoms with Crippen molar-refractivity contribution in [3.05, 3.63) is 52.8 Å². The third-order valence-electron chi connectivity index (χ3n) is 3.69. The van der Waals surface area contributed by atoms with Crippen LogP contribution >= 0.6 is 46.7 Å². The van der Waals surface area contributed by atoms with Crippen LogP contribution in [0.2, 0.25) is 10.0 Å². The number of rotatable bonds is 4.